The van der Waals surface area contributed by atoms with Crippen LogP contribution < -0.4 is 4.74 Å². The highest BCUT2D eigenvalue weighted by molar-refractivity contribution is 5.38. The number of nitrogens with zero attached hydrogens (tertiary/aromatic N) is 1. The van der Waals surface area contributed by atoms with Crippen molar-refractivity contribution in [1.29, 1.82) is 0 Å². The van der Waals surface area contributed by atoms with Gasteiger partial charge in [-0.15, -0.1) is 0 Å². The van der Waals surface area contributed by atoms with E-state index < -0.39 is 6.10 Å². The van der Waals surface area contributed by atoms with Crippen LogP contribution in [0, 0.1) is 6.92 Å². The zero-order chi connectivity index (χ0) is 15.5. The Morgan fingerprint density at radius 2 is 1.90 bits per heavy atom. The van der Waals surface area contributed by atoms with E-state index >= 15 is 0 Å². The SMILES string of the molecule is Cc1cc(C(C)(C)C)ccc1OC[C@H](O)CN1CCCC1. The molecule has 1 aliphatic rings. The van der Waals surface area contributed by atoms with Gasteiger partial charge in [-0.1, -0.05) is 32.9 Å². The van der Waals surface area contributed by atoms with Crippen molar-refractivity contribution < 1.29 is 9.84 Å². The number of likely N-dealkylation sites (tertiary alicyclic amines) is 1. The van der Waals surface area contributed by atoms with Crippen molar-refractivity contribution in [3.8, 4) is 5.75 Å². The van der Waals surface area contributed by atoms with E-state index in [1.54, 1.807) is 0 Å². The Labute approximate surface area is 128 Å². The third-order valence-corrected chi connectivity index (χ3v) is 4.14. The Morgan fingerprint density at radius 1 is 1.24 bits per heavy atom. The number of benzene rings is 1. The molecule has 0 amide bonds. The molecular formula is C18H29NO2. The first-order chi connectivity index (χ1) is 9.86. The third-order valence-electron chi connectivity index (χ3n) is 4.14. The number of aliphatic hydroxyl groups excluding tert-OH is 1. The van der Waals surface area contributed by atoms with Crippen LogP contribution in [0.4, 0.5) is 0 Å². The molecule has 1 aliphatic heterocycles. The lowest BCUT2D eigenvalue weighted by atomic mass is 9.86. The minimum atomic E-state index is -0.412. The molecule has 0 unspecified atom stereocenters. The topological polar surface area (TPSA) is 32.7 Å². The molecule has 1 fully saturated rings. The maximum absolute atomic E-state index is 10.1. The number of ether oxygens (including phenoxy) is 1. The molecule has 2 rings (SSSR count). The predicted octanol–water partition coefficient (Wildman–Crippen LogP) is 3.13. The Hall–Kier alpha value is -1.06. The van der Waals surface area contributed by atoms with Crippen molar-refractivity contribution in [1.82, 2.24) is 4.90 Å². The maximum atomic E-state index is 10.1. The number of hydrogen-bond donors (Lipinski definition) is 1. The van der Waals surface area contributed by atoms with Gasteiger partial charge in [0.15, 0.2) is 0 Å². The monoisotopic (exact) mass is 291 g/mol. The smallest absolute Gasteiger partial charge is 0.122 e. The van der Waals surface area contributed by atoms with E-state index in [1.165, 1.54) is 18.4 Å². The summed E-state index contributed by atoms with van der Waals surface area (Å²) >= 11 is 0. The van der Waals surface area contributed by atoms with Crippen LogP contribution in [-0.4, -0.2) is 42.4 Å². The minimum Gasteiger partial charge on any atom is -0.491 e. The van der Waals surface area contributed by atoms with Gasteiger partial charge in [0.2, 0.25) is 0 Å². The van der Waals surface area contributed by atoms with E-state index in [-0.39, 0.29) is 5.41 Å². The summed E-state index contributed by atoms with van der Waals surface area (Å²) in [6.07, 6.45) is 2.09. The Kier molecular flexibility index (Phi) is 5.28. The van der Waals surface area contributed by atoms with E-state index in [9.17, 15) is 5.11 Å². The Balaban J connectivity index is 1.87. The van der Waals surface area contributed by atoms with E-state index in [4.69, 9.17) is 4.74 Å². The molecule has 3 heteroatoms. The summed E-state index contributed by atoms with van der Waals surface area (Å²) in [5.74, 6) is 0.878. The summed E-state index contributed by atoms with van der Waals surface area (Å²) in [5.41, 5.74) is 2.60. The van der Waals surface area contributed by atoms with Crippen molar-refractivity contribution in [3.05, 3.63) is 29.3 Å². The first kappa shape index (κ1) is 16.3. The summed E-state index contributed by atoms with van der Waals surface area (Å²) in [6, 6.07) is 6.33. The number of aryl methyl sites for hydroxylation is 1. The van der Waals surface area contributed by atoms with Crippen molar-refractivity contribution in [3.63, 3.8) is 0 Å². The van der Waals surface area contributed by atoms with E-state index in [0.717, 1.165) is 30.9 Å². The van der Waals surface area contributed by atoms with Gasteiger partial charge in [-0.05, 0) is 55.5 Å². The minimum absolute atomic E-state index is 0.151. The van der Waals surface area contributed by atoms with E-state index in [0.29, 0.717) is 6.61 Å². The largest absolute Gasteiger partial charge is 0.491 e. The normalized spacial score (nSPS) is 18.0. The number of β-amino-alcohol motifs (C(OH)–C–C–N with tert-alkyl or cyclic N) is 1. The number of hydrogen-bond acceptors (Lipinski definition) is 3. The molecule has 1 aromatic carbocycles. The second-order valence-corrected chi connectivity index (χ2v) is 7.20. The molecule has 0 radical (unpaired) electrons. The molecule has 1 aromatic rings. The molecule has 1 heterocycles. The van der Waals surface area contributed by atoms with Crippen LogP contribution in [0.5, 0.6) is 5.75 Å². The highest BCUT2D eigenvalue weighted by Crippen LogP contribution is 2.27. The molecule has 118 valence electrons. The maximum Gasteiger partial charge on any atom is 0.122 e. The van der Waals surface area contributed by atoms with Gasteiger partial charge in [-0.25, -0.2) is 0 Å². The molecule has 3 nitrogen and oxygen atoms in total. The van der Waals surface area contributed by atoms with Crippen LogP contribution in [0.1, 0.15) is 44.7 Å². The van der Waals surface area contributed by atoms with Crippen LogP contribution in [0.15, 0.2) is 18.2 Å². The summed E-state index contributed by atoms with van der Waals surface area (Å²) in [6.45, 7) is 12.0. The van der Waals surface area contributed by atoms with Gasteiger partial charge >= 0.3 is 0 Å². The molecule has 1 saturated heterocycles. The van der Waals surface area contributed by atoms with Gasteiger partial charge < -0.3 is 14.7 Å². The van der Waals surface area contributed by atoms with Crippen LogP contribution in [-0.2, 0) is 5.41 Å². The van der Waals surface area contributed by atoms with Crippen LogP contribution in [0.3, 0.4) is 0 Å². The van der Waals surface area contributed by atoms with E-state index in [2.05, 4.69) is 44.7 Å². The average molecular weight is 291 g/mol. The molecule has 0 saturated carbocycles. The van der Waals surface area contributed by atoms with Crippen molar-refractivity contribution in [2.45, 2.75) is 52.1 Å². The summed E-state index contributed by atoms with van der Waals surface area (Å²) in [7, 11) is 0. The molecule has 0 spiro atoms. The lowest BCUT2D eigenvalue weighted by Crippen LogP contribution is -2.33. The first-order valence-corrected chi connectivity index (χ1v) is 8.00. The lowest BCUT2D eigenvalue weighted by Gasteiger charge is -2.22. The molecule has 1 atom stereocenters. The highest BCUT2D eigenvalue weighted by Gasteiger charge is 2.17. The van der Waals surface area contributed by atoms with Gasteiger partial charge in [0.05, 0.1) is 0 Å². The Bertz CT molecular complexity index is 459. The van der Waals surface area contributed by atoms with Crippen molar-refractivity contribution >= 4 is 0 Å². The fourth-order valence-corrected chi connectivity index (χ4v) is 2.78. The van der Waals surface area contributed by atoms with Crippen LogP contribution >= 0.6 is 0 Å². The quantitative estimate of drug-likeness (QED) is 0.904. The van der Waals surface area contributed by atoms with Crippen LogP contribution in [0.2, 0.25) is 0 Å². The average Bonchev–Trinajstić information content (AvgIpc) is 2.89. The number of aliphatic hydroxyl groups is 1. The molecule has 0 aliphatic carbocycles. The molecule has 0 aromatic heterocycles. The summed E-state index contributed by atoms with van der Waals surface area (Å²) < 4.78 is 5.80. The summed E-state index contributed by atoms with van der Waals surface area (Å²) in [5, 5.41) is 10.1. The molecular weight excluding hydrogens is 262 g/mol. The van der Waals surface area contributed by atoms with Gasteiger partial charge in [-0.3, -0.25) is 0 Å². The third kappa shape index (κ3) is 4.72. The van der Waals surface area contributed by atoms with Gasteiger partial charge in [0.1, 0.15) is 18.5 Å². The molecule has 0 bridgehead atoms. The van der Waals surface area contributed by atoms with Crippen molar-refractivity contribution in [2.75, 3.05) is 26.2 Å². The Morgan fingerprint density at radius 3 is 2.48 bits per heavy atom. The predicted molar refractivity (Wildman–Crippen MR) is 87.1 cm³/mol. The van der Waals surface area contributed by atoms with Crippen LogP contribution in [0.25, 0.3) is 0 Å². The first-order valence-electron chi connectivity index (χ1n) is 8.00. The lowest BCUT2D eigenvalue weighted by molar-refractivity contribution is 0.0755. The summed E-state index contributed by atoms with van der Waals surface area (Å²) in [4.78, 5) is 2.31. The second-order valence-electron chi connectivity index (χ2n) is 7.20. The zero-order valence-electron chi connectivity index (χ0n) is 13.9. The number of rotatable bonds is 5. The standard InChI is InChI=1S/C18H29NO2/c1-14-11-15(18(2,3)4)7-8-17(14)21-13-16(20)12-19-9-5-6-10-19/h7-8,11,16,20H,5-6,9-10,12-13H2,1-4H3/t16-/m1/s1. The van der Waals surface area contributed by atoms with Gasteiger partial charge in [0.25, 0.3) is 0 Å². The molecule has 21 heavy (non-hydrogen) atoms. The fraction of sp³-hybridized carbons (Fsp3) is 0.667. The highest BCUT2D eigenvalue weighted by atomic mass is 16.5. The van der Waals surface area contributed by atoms with Crippen molar-refractivity contribution in [2.24, 2.45) is 0 Å². The molecule has 1 N–H and O–H groups in total. The van der Waals surface area contributed by atoms with E-state index in [1.807, 2.05) is 6.07 Å². The zero-order valence-corrected chi connectivity index (χ0v) is 13.9. The fourth-order valence-electron chi connectivity index (χ4n) is 2.78. The van der Waals surface area contributed by atoms with Gasteiger partial charge in [-0.2, -0.15) is 0 Å². The van der Waals surface area contributed by atoms with Gasteiger partial charge in [0, 0.05) is 6.54 Å². The second kappa shape index (κ2) is 6.80.